The van der Waals surface area contributed by atoms with E-state index >= 15 is 0 Å². The quantitative estimate of drug-likeness (QED) is 0.510. The third-order valence-corrected chi connectivity index (χ3v) is 3.80. The van der Waals surface area contributed by atoms with Gasteiger partial charge in [-0.15, -0.1) is 11.6 Å². The van der Waals surface area contributed by atoms with Gasteiger partial charge in [0.25, 0.3) is 0 Å². The Morgan fingerprint density at radius 2 is 2.00 bits per heavy atom. The second kappa shape index (κ2) is 7.19. The van der Waals surface area contributed by atoms with Gasteiger partial charge < -0.3 is 0 Å². The highest BCUT2D eigenvalue weighted by molar-refractivity contribution is 7.99. The van der Waals surface area contributed by atoms with Gasteiger partial charge in [-0.2, -0.15) is 11.8 Å². The smallest absolute Gasteiger partial charge is 0.0675 e. The van der Waals surface area contributed by atoms with Gasteiger partial charge in [-0.25, -0.2) is 0 Å². The van der Waals surface area contributed by atoms with Crippen LogP contribution in [0.1, 0.15) is 30.7 Å². The van der Waals surface area contributed by atoms with E-state index in [2.05, 4.69) is 19.1 Å². The van der Waals surface area contributed by atoms with Crippen molar-refractivity contribution in [1.29, 1.82) is 0 Å². The Morgan fingerprint density at radius 3 is 2.64 bits per heavy atom. The highest BCUT2D eigenvalue weighted by Crippen LogP contribution is 2.24. The second-order valence-electron chi connectivity index (χ2n) is 3.31. The van der Waals surface area contributed by atoms with Crippen LogP contribution in [0.3, 0.4) is 0 Å². The van der Waals surface area contributed by atoms with Crippen molar-refractivity contribution in [2.24, 2.45) is 0 Å². The summed E-state index contributed by atoms with van der Waals surface area (Å²) in [5.41, 5.74) is 1.23. The van der Waals surface area contributed by atoms with Crippen molar-refractivity contribution in [3.63, 3.8) is 0 Å². The standard InChI is InChI=1S/C12H17ClS/c1-2-3-9-14-10-12(13)11-7-5-4-6-8-11/h4-8,12H,2-3,9-10H2,1H3. The molecule has 0 nitrogen and oxygen atoms in total. The van der Waals surface area contributed by atoms with Gasteiger partial charge in [-0.1, -0.05) is 43.7 Å². The number of thioether (sulfide) groups is 1. The van der Waals surface area contributed by atoms with Gasteiger partial charge in [0.05, 0.1) is 5.38 Å². The summed E-state index contributed by atoms with van der Waals surface area (Å²) < 4.78 is 0. The van der Waals surface area contributed by atoms with Gasteiger partial charge >= 0.3 is 0 Å². The molecule has 0 aromatic heterocycles. The molecule has 0 saturated carbocycles. The Morgan fingerprint density at radius 1 is 1.29 bits per heavy atom. The first kappa shape index (κ1) is 11.9. The summed E-state index contributed by atoms with van der Waals surface area (Å²) in [5, 5.41) is 0.165. The van der Waals surface area contributed by atoms with Gasteiger partial charge in [0.2, 0.25) is 0 Å². The molecule has 0 saturated heterocycles. The van der Waals surface area contributed by atoms with E-state index in [0.717, 1.165) is 5.75 Å². The molecule has 0 aliphatic carbocycles. The SMILES string of the molecule is CCCCSCC(Cl)c1ccccc1. The van der Waals surface area contributed by atoms with Crippen LogP contribution in [0.5, 0.6) is 0 Å². The Labute approximate surface area is 96.0 Å². The molecule has 1 aromatic rings. The lowest BCUT2D eigenvalue weighted by Crippen LogP contribution is -1.94. The molecule has 1 rings (SSSR count). The van der Waals surface area contributed by atoms with E-state index in [4.69, 9.17) is 11.6 Å². The zero-order chi connectivity index (χ0) is 10.2. The fourth-order valence-electron chi connectivity index (χ4n) is 1.19. The summed E-state index contributed by atoms with van der Waals surface area (Å²) >= 11 is 8.21. The predicted molar refractivity (Wildman–Crippen MR) is 67.3 cm³/mol. The van der Waals surface area contributed by atoms with Crippen LogP contribution in [-0.4, -0.2) is 11.5 Å². The summed E-state index contributed by atoms with van der Waals surface area (Å²) in [6, 6.07) is 10.3. The highest BCUT2D eigenvalue weighted by atomic mass is 35.5. The largest absolute Gasteiger partial charge is 0.160 e. The molecule has 0 radical (unpaired) electrons. The number of hydrogen-bond acceptors (Lipinski definition) is 1. The molecule has 2 heteroatoms. The van der Waals surface area contributed by atoms with Crippen LogP contribution in [0.2, 0.25) is 0 Å². The summed E-state index contributed by atoms with van der Waals surface area (Å²) in [4.78, 5) is 0. The monoisotopic (exact) mass is 228 g/mol. The predicted octanol–water partition coefficient (Wildman–Crippen LogP) is 4.50. The van der Waals surface area contributed by atoms with Crippen molar-refractivity contribution in [2.45, 2.75) is 25.1 Å². The molecule has 78 valence electrons. The molecule has 0 spiro atoms. The lowest BCUT2D eigenvalue weighted by Gasteiger charge is -2.08. The van der Waals surface area contributed by atoms with E-state index in [1.54, 1.807) is 0 Å². The van der Waals surface area contributed by atoms with E-state index in [-0.39, 0.29) is 5.38 Å². The third-order valence-electron chi connectivity index (χ3n) is 2.07. The minimum absolute atomic E-state index is 0.165. The Balaban J connectivity index is 2.25. The number of halogens is 1. The van der Waals surface area contributed by atoms with Crippen LogP contribution in [0.15, 0.2) is 30.3 Å². The van der Waals surface area contributed by atoms with Crippen LogP contribution in [0.4, 0.5) is 0 Å². The topological polar surface area (TPSA) is 0 Å². The van der Waals surface area contributed by atoms with Crippen LogP contribution < -0.4 is 0 Å². The molecule has 1 unspecified atom stereocenters. The summed E-state index contributed by atoms with van der Waals surface area (Å²) in [5.74, 6) is 2.25. The van der Waals surface area contributed by atoms with Crippen molar-refractivity contribution in [2.75, 3.05) is 11.5 Å². The molecule has 14 heavy (non-hydrogen) atoms. The fraction of sp³-hybridized carbons (Fsp3) is 0.500. The van der Waals surface area contributed by atoms with Crippen LogP contribution in [-0.2, 0) is 0 Å². The second-order valence-corrected chi connectivity index (χ2v) is 4.98. The Kier molecular flexibility index (Phi) is 6.13. The van der Waals surface area contributed by atoms with Crippen molar-refractivity contribution in [3.8, 4) is 0 Å². The van der Waals surface area contributed by atoms with E-state index in [9.17, 15) is 0 Å². The van der Waals surface area contributed by atoms with Crippen LogP contribution in [0.25, 0.3) is 0 Å². The summed E-state index contributed by atoms with van der Waals surface area (Å²) in [6.45, 7) is 2.22. The van der Waals surface area contributed by atoms with Gasteiger partial charge in [-0.3, -0.25) is 0 Å². The van der Waals surface area contributed by atoms with E-state index in [1.807, 2.05) is 30.0 Å². The van der Waals surface area contributed by atoms with E-state index in [0.29, 0.717) is 0 Å². The number of hydrogen-bond donors (Lipinski definition) is 0. The highest BCUT2D eigenvalue weighted by Gasteiger charge is 2.06. The maximum absolute atomic E-state index is 6.26. The number of unbranched alkanes of at least 4 members (excludes halogenated alkanes) is 1. The molecular weight excluding hydrogens is 212 g/mol. The minimum atomic E-state index is 0.165. The van der Waals surface area contributed by atoms with Crippen LogP contribution in [0, 0.1) is 0 Å². The first-order valence-electron chi connectivity index (χ1n) is 5.11. The van der Waals surface area contributed by atoms with Crippen LogP contribution >= 0.6 is 23.4 Å². The fourth-order valence-corrected chi connectivity index (χ4v) is 2.66. The molecule has 0 heterocycles. The summed E-state index contributed by atoms with van der Waals surface area (Å²) in [6.07, 6.45) is 2.56. The summed E-state index contributed by atoms with van der Waals surface area (Å²) in [7, 11) is 0. The molecule has 0 N–H and O–H groups in total. The molecule has 0 aliphatic rings. The van der Waals surface area contributed by atoms with Gasteiger partial charge in [0.1, 0.15) is 0 Å². The lowest BCUT2D eigenvalue weighted by molar-refractivity contribution is 0.895. The molecule has 0 bridgehead atoms. The Bertz CT molecular complexity index is 235. The number of benzene rings is 1. The maximum Gasteiger partial charge on any atom is 0.0675 e. The first-order chi connectivity index (χ1) is 6.84. The number of rotatable bonds is 6. The Hall–Kier alpha value is -0.140. The molecular formula is C12H17ClS. The molecule has 1 aromatic carbocycles. The normalized spacial score (nSPS) is 12.7. The zero-order valence-electron chi connectivity index (χ0n) is 8.58. The maximum atomic E-state index is 6.26. The van der Waals surface area contributed by atoms with E-state index in [1.165, 1.54) is 24.2 Å². The van der Waals surface area contributed by atoms with Crippen molar-refractivity contribution in [1.82, 2.24) is 0 Å². The van der Waals surface area contributed by atoms with Gasteiger partial charge in [0, 0.05) is 5.75 Å². The van der Waals surface area contributed by atoms with Gasteiger partial charge in [0.15, 0.2) is 0 Å². The minimum Gasteiger partial charge on any atom is -0.160 e. The zero-order valence-corrected chi connectivity index (χ0v) is 10.2. The van der Waals surface area contributed by atoms with E-state index < -0.39 is 0 Å². The molecule has 1 atom stereocenters. The molecule has 0 fully saturated rings. The molecule has 0 amide bonds. The van der Waals surface area contributed by atoms with Crippen molar-refractivity contribution < 1.29 is 0 Å². The molecule has 0 aliphatic heterocycles. The first-order valence-corrected chi connectivity index (χ1v) is 6.70. The lowest BCUT2D eigenvalue weighted by atomic mass is 10.2. The number of alkyl halides is 1. The average molecular weight is 229 g/mol. The van der Waals surface area contributed by atoms with Crippen molar-refractivity contribution >= 4 is 23.4 Å². The van der Waals surface area contributed by atoms with Crippen molar-refractivity contribution in [3.05, 3.63) is 35.9 Å². The average Bonchev–Trinajstić information content (AvgIpc) is 2.25. The third kappa shape index (κ3) is 4.39. The van der Waals surface area contributed by atoms with Gasteiger partial charge in [-0.05, 0) is 17.7 Å².